The second kappa shape index (κ2) is 5.25. The first kappa shape index (κ1) is 12.5. The van der Waals surface area contributed by atoms with Gasteiger partial charge in [0.05, 0.1) is 5.92 Å². The summed E-state index contributed by atoms with van der Waals surface area (Å²) < 4.78 is 2.10. The molecule has 3 rings (SSSR count). The fraction of sp³-hybridized carbons (Fsp3) is 0.111. The number of phenols is 1. The molecule has 0 amide bonds. The number of hydrogen-bond acceptors (Lipinski definition) is 1. The van der Waals surface area contributed by atoms with E-state index in [4.69, 9.17) is 0 Å². The number of aromatic hydroxyl groups is 1. The van der Waals surface area contributed by atoms with Crippen LogP contribution in [0.25, 0.3) is 0 Å². The van der Waals surface area contributed by atoms with Gasteiger partial charge in [-0.1, -0.05) is 48.5 Å². The lowest BCUT2D eigenvalue weighted by molar-refractivity contribution is 0.466. The van der Waals surface area contributed by atoms with E-state index in [0.717, 1.165) is 11.3 Å². The van der Waals surface area contributed by atoms with Gasteiger partial charge < -0.3 is 9.67 Å². The van der Waals surface area contributed by atoms with Gasteiger partial charge in [-0.2, -0.15) is 0 Å². The number of phenolic OH excluding ortho intramolecular Hbond substituents is 1. The van der Waals surface area contributed by atoms with Crippen LogP contribution >= 0.6 is 0 Å². The van der Waals surface area contributed by atoms with Gasteiger partial charge in [0.25, 0.3) is 0 Å². The second-order valence-electron chi connectivity index (χ2n) is 4.95. The van der Waals surface area contributed by atoms with Crippen LogP contribution in [0.4, 0.5) is 0 Å². The van der Waals surface area contributed by atoms with Gasteiger partial charge in [-0.15, -0.1) is 0 Å². The molecule has 0 spiro atoms. The number of hydrogen-bond donors (Lipinski definition) is 1. The number of rotatable bonds is 3. The molecule has 1 unspecified atom stereocenters. The lowest BCUT2D eigenvalue weighted by Gasteiger charge is -2.20. The summed E-state index contributed by atoms with van der Waals surface area (Å²) in [6.45, 7) is 0. The molecule has 100 valence electrons. The van der Waals surface area contributed by atoms with Crippen LogP contribution in [0, 0.1) is 0 Å². The number of para-hydroxylation sites is 1. The molecule has 0 fully saturated rings. The Labute approximate surface area is 118 Å². The van der Waals surface area contributed by atoms with Crippen molar-refractivity contribution in [1.82, 2.24) is 4.57 Å². The molecule has 2 aromatic carbocycles. The summed E-state index contributed by atoms with van der Waals surface area (Å²) in [5.41, 5.74) is 3.27. The van der Waals surface area contributed by atoms with Crippen molar-refractivity contribution in [2.75, 3.05) is 0 Å². The van der Waals surface area contributed by atoms with E-state index in [1.165, 1.54) is 5.56 Å². The maximum Gasteiger partial charge on any atom is 0.119 e. The Hall–Kier alpha value is -2.48. The van der Waals surface area contributed by atoms with E-state index in [9.17, 15) is 5.11 Å². The maximum atomic E-state index is 10.2. The highest BCUT2D eigenvalue weighted by molar-refractivity contribution is 5.47. The second-order valence-corrected chi connectivity index (χ2v) is 4.95. The molecule has 0 aliphatic rings. The highest BCUT2D eigenvalue weighted by atomic mass is 16.3. The van der Waals surface area contributed by atoms with Crippen molar-refractivity contribution in [2.45, 2.75) is 5.92 Å². The molecule has 1 heterocycles. The number of aromatic nitrogens is 1. The monoisotopic (exact) mass is 263 g/mol. The zero-order chi connectivity index (χ0) is 13.9. The van der Waals surface area contributed by atoms with Gasteiger partial charge in [-0.3, -0.25) is 0 Å². The molecule has 0 bridgehead atoms. The Kier molecular flexibility index (Phi) is 3.30. The van der Waals surface area contributed by atoms with Crippen LogP contribution in [-0.4, -0.2) is 9.67 Å². The first-order valence-electron chi connectivity index (χ1n) is 6.71. The molecular weight excluding hydrogens is 246 g/mol. The highest BCUT2D eigenvalue weighted by Crippen LogP contribution is 2.36. The Morgan fingerprint density at radius 2 is 1.55 bits per heavy atom. The first-order chi connectivity index (χ1) is 9.77. The van der Waals surface area contributed by atoms with Gasteiger partial charge in [-0.25, -0.2) is 0 Å². The summed E-state index contributed by atoms with van der Waals surface area (Å²) in [6, 6.07) is 22.0. The van der Waals surface area contributed by atoms with Crippen molar-refractivity contribution in [2.24, 2.45) is 7.05 Å². The number of benzene rings is 2. The summed E-state index contributed by atoms with van der Waals surface area (Å²) in [5, 5.41) is 10.2. The van der Waals surface area contributed by atoms with Crippen molar-refractivity contribution >= 4 is 0 Å². The van der Waals surface area contributed by atoms with Crippen molar-refractivity contribution in [3.05, 3.63) is 89.7 Å². The van der Waals surface area contributed by atoms with Crippen molar-refractivity contribution < 1.29 is 5.11 Å². The Bertz CT molecular complexity index is 700. The van der Waals surface area contributed by atoms with Gasteiger partial charge in [0, 0.05) is 24.5 Å². The fourth-order valence-electron chi connectivity index (χ4n) is 2.66. The topological polar surface area (TPSA) is 25.2 Å². The van der Waals surface area contributed by atoms with Gasteiger partial charge >= 0.3 is 0 Å². The molecular formula is C18H17NO. The first-order valence-corrected chi connectivity index (χ1v) is 6.71. The van der Waals surface area contributed by atoms with Crippen molar-refractivity contribution in [3.8, 4) is 5.75 Å². The third kappa shape index (κ3) is 2.21. The summed E-state index contributed by atoms with van der Waals surface area (Å²) in [7, 11) is 2.03. The van der Waals surface area contributed by atoms with E-state index >= 15 is 0 Å². The molecule has 0 radical (unpaired) electrons. The summed E-state index contributed by atoms with van der Waals surface area (Å²) in [6.07, 6.45) is 2.03. The minimum Gasteiger partial charge on any atom is -0.508 e. The Morgan fingerprint density at radius 1 is 0.850 bits per heavy atom. The molecule has 1 atom stereocenters. The Morgan fingerprint density at radius 3 is 2.20 bits per heavy atom. The molecule has 0 aliphatic carbocycles. The van der Waals surface area contributed by atoms with Crippen molar-refractivity contribution in [3.63, 3.8) is 0 Å². The van der Waals surface area contributed by atoms with Gasteiger partial charge in [0.2, 0.25) is 0 Å². The lowest BCUT2D eigenvalue weighted by Crippen LogP contribution is -2.08. The quantitative estimate of drug-likeness (QED) is 0.761. The molecule has 1 aromatic heterocycles. The van der Waals surface area contributed by atoms with Crippen LogP contribution in [0.5, 0.6) is 5.75 Å². The van der Waals surface area contributed by atoms with Crippen LogP contribution < -0.4 is 0 Å². The average molecular weight is 263 g/mol. The fourth-order valence-corrected chi connectivity index (χ4v) is 2.66. The van der Waals surface area contributed by atoms with Crippen LogP contribution in [0.3, 0.4) is 0 Å². The van der Waals surface area contributed by atoms with Crippen LogP contribution in [-0.2, 0) is 7.05 Å². The van der Waals surface area contributed by atoms with Gasteiger partial charge in [0.1, 0.15) is 5.75 Å². The predicted molar refractivity (Wildman–Crippen MR) is 80.9 cm³/mol. The molecule has 0 saturated carbocycles. The summed E-state index contributed by atoms with van der Waals surface area (Å²) in [4.78, 5) is 0. The van der Waals surface area contributed by atoms with Crippen LogP contribution in [0.1, 0.15) is 22.7 Å². The molecule has 0 saturated heterocycles. The summed E-state index contributed by atoms with van der Waals surface area (Å²) >= 11 is 0. The average Bonchev–Trinajstić information content (AvgIpc) is 2.89. The van der Waals surface area contributed by atoms with E-state index in [1.54, 1.807) is 6.07 Å². The van der Waals surface area contributed by atoms with Crippen LogP contribution in [0.2, 0.25) is 0 Å². The summed E-state index contributed by atoms with van der Waals surface area (Å²) in [5.74, 6) is 0.375. The zero-order valence-corrected chi connectivity index (χ0v) is 11.4. The van der Waals surface area contributed by atoms with Gasteiger partial charge in [0.15, 0.2) is 0 Å². The van der Waals surface area contributed by atoms with E-state index in [1.807, 2.05) is 55.7 Å². The van der Waals surface area contributed by atoms with E-state index in [-0.39, 0.29) is 5.92 Å². The molecule has 20 heavy (non-hydrogen) atoms. The van der Waals surface area contributed by atoms with Crippen LogP contribution in [0.15, 0.2) is 72.9 Å². The Balaban J connectivity index is 2.20. The third-order valence-electron chi connectivity index (χ3n) is 3.66. The normalized spacial score (nSPS) is 12.2. The molecule has 2 nitrogen and oxygen atoms in total. The van der Waals surface area contributed by atoms with Gasteiger partial charge in [-0.05, 0) is 23.8 Å². The molecule has 3 aromatic rings. The zero-order valence-electron chi connectivity index (χ0n) is 11.4. The lowest BCUT2D eigenvalue weighted by atomic mass is 9.88. The number of nitrogens with zero attached hydrogens (tertiary/aromatic N) is 1. The van der Waals surface area contributed by atoms with E-state index < -0.39 is 0 Å². The van der Waals surface area contributed by atoms with E-state index in [0.29, 0.717) is 5.75 Å². The smallest absolute Gasteiger partial charge is 0.119 e. The SMILES string of the molecule is Cn1cccc1C(c1ccccc1)c1ccccc1O. The molecule has 1 N–H and O–H groups in total. The maximum absolute atomic E-state index is 10.2. The molecule has 2 heteroatoms. The largest absolute Gasteiger partial charge is 0.508 e. The number of aryl methyl sites for hydroxylation is 1. The minimum atomic E-state index is 0.0393. The van der Waals surface area contributed by atoms with E-state index in [2.05, 4.69) is 22.8 Å². The predicted octanol–water partition coefficient (Wildman–Crippen LogP) is 3.91. The standard InChI is InChI=1S/C18H17NO/c1-19-13-7-11-16(19)18(14-8-3-2-4-9-14)15-10-5-6-12-17(15)20/h2-13,18,20H,1H3. The third-order valence-corrected chi connectivity index (χ3v) is 3.66. The highest BCUT2D eigenvalue weighted by Gasteiger charge is 2.21. The molecule has 0 aliphatic heterocycles. The van der Waals surface area contributed by atoms with Crippen molar-refractivity contribution in [1.29, 1.82) is 0 Å². The minimum absolute atomic E-state index is 0.0393.